The molecule has 0 fully saturated rings. The summed E-state index contributed by atoms with van der Waals surface area (Å²) in [5.74, 6) is -0.337. The Balaban J connectivity index is 2.16. The van der Waals surface area contributed by atoms with Gasteiger partial charge >= 0.3 is 0 Å². The van der Waals surface area contributed by atoms with Crippen molar-refractivity contribution >= 4 is 17.3 Å². The fourth-order valence-corrected chi connectivity index (χ4v) is 1.95. The third-order valence-electron chi connectivity index (χ3n) is 2.71. The largest absolute Gasteiger partial charge is 0.392 e. The summed E-state index contributed by atoms with van der Waals surface area (Å²) < 4.78 is 13.6. The van der Waals surface area contributed by atoms with Crippen molar-refractivity contribution in [1.29, 1.82) is 0 Å². The predicted octanol–water partition coefficient (Wildman–Crippen LogP) is 3.58. The van der Waals surface area contributed by atoms with E-state index in [0.717, 1.165) is 11.3 Å². The molecule has 2 rings (SSSR count). The zero-order chi connectivity index (χ0) is 13.0. The third-order valence-corrected chi connectivity index (χ3v) is 3.06. The van der Waals surface area contributed by atoms with Crippen molar-refractivity contribution in [1.82, 2.24) is 0 Å². The third kappa shape index (κ3) is 2.81. The normalized spacial score (nSPS) is 10.4. The SMILES string of the molecule is OCc1ccccc1NCc1c(F)cccc1Cl. The molecule has 0 aliphatic rings. The van der Waals surface area contributed by atoms with E-state index in [1.54, 1.807) is 12.1 Å². The maximum absolute atomic E-state index is 13.6. The minimum Gasteiger partial charge on any atom is -0.392 e. The summed E-state index contributed by atoms with van der Waals surface area (Å²) in [7, 11) is 0. The highest BCUT2D eigenvalue weighted by molar-refractivity contribution is 6.31. The number of hydrogen-bond donors (Lipinski definition) is 2. The molecule has 0 atom stereocenters. The minimum absolute atomic E-state index is 0.0613. The number of nitrogens with one attached hydrogen (secondary N) is 1. The average molecular weight is 266 g/mol. The van der Waals surface area contributed by atoms with Gasteiger partial charge in [0.1, 0.15) is 5.82 Å². The topological polar surface area (TPSA) is 32.3 Å². The maximum Gasteiger partial charge on any atom is 0.129 e. The van der Waals surface area contributed by atoms with Crippen LogP contribution in [-0.2, 0) is 13.2 Å². The number of hydrogen-bond acceptors (Lipinski definition) is 2. The van der Waals surface area contributed by atoms with Gasteiger partial charge < -0.3 is 10.4 Å². The fourth-order valence-electron chi connectivity index (χ4n) is 1.72. The number of halogens is 2. The molecule has 0 heterocycles. The molecule has 0 unspecified atom stereocenters. The van der Waals surface area contributed by atoms with Crippen LogP contribution in [0.1, 0.15) is 11.1 Å². The van der Waals surface area contributed by atoms with E-state index < -0.39 is 0 Å². The Bertz CT molecular complexity index is 525. The first kappa shape index (κ1) is 12.9. The second-order valence-electron chi connectivity index (χ2n) is 3.87. The van der Waals surface area contributed by atoms with Crippen molar-refractivity contribution in [2.75, 3.05) is 5.32 Å². The number of aliphatic hydroxyl groups is 1. The smallest absolute Gasteiger partial charge is 0.129 e. The van der Waals surface area contributed by atoms with E-state index in [1.165, 1.54) is 6.07 Å². The van der Waals surface area contributed by atoms with E-state index in [4.69, 9.17) is 11.6 Å². The van der Waals surface area contributed by atoms with E-state index in [9.17, 15) is 9.50 Å². The van der Waals surface area contributed by atoms with Gasteiger partial charge in [0, 0.05) is 28.4 Å². The highest BCUT2D eigenvalue weighted by Crippen LogP contribution is 2.21. The van der Waals surface area contributed by atoms with E-state index >= 15 is 0 Å². The van der Waals surface area contributed by atoms with Crippen LogP contribution in [0.2, 0.25) is 5.02 Å². The van der Waals surface area contributed by atoms with Crippen molar-refractivity contribution in [3.63, 3.8) is 0 Å². The number of rotatable bonds is 4. The maximum atomic E-state index is 13.6. The summed E-state index contributed by atoms with van der Waals surface area (Å²) in [6.07, 6.45) is 0. The van der Waals surface area contributed by atoms with Gasteiger partial charge in [-0.05, 0) is 18.2 Å². The van der Waals surface area contributed by atoms with Gasteiger partial charge in [0.15, 0.2) is 0 Å². The first-order valence-electron chi connectivity index (χ1n) is 5.58. The van der Waals surface area contributed by atoms with Gasteiger partial charge in [-0.3, -0.25) is 0 Å². The Morgan fingerprint density at radius 3 is 2.61 bits per heavy atom. The van der Waals surface area contributed by atoms with Crippen LogP contribution in [0, 0.1) is 5.82 Å². The Hall–Kier alpha value is -1.58. The molecule has 18 heavy (non-hydrogen) atoms. The number of aliphatic hydroxyl groups excluding tert-OH is 1. The molecular formula is C14H13ClFNO. The van der Waals surface area contributed by atoms with Crippen LogP contribution in [0.25, 0.3) is 0 Å². The summed E-state index contributed by atoms with van der Waals surface area (Å²) in [5.41, 5.74) is 1.97. The molecule has 0 amide bonds. The Morgan fingerprint density at radius 2 is 1.89 bits per heavy atom. The van der Waals surface area contributed by atoms with Gasteiger partial charge in [0.05, 0.1) is 6.61 Å². The Morgan fingerprint density at radius 1 is 1.11 bits per heavy atom. The number of anilines is 1. The van der Waals surface area contributed by atoms with Crippen molar-refractivity contribution in [3.8, 4) is 0 Å². The molecule has 4 heteroatoms. The molecule has 0 radical (unpaired) electrons. The minimum atomic E-state index is -0.337. The summed E-state index contributed by atoms with van der Waals surface area (Å²) in [5, 5.41) is 12.7. The molecule has 0 aliphatic carbocycles. The lowest BCUT2D eigenvalue weighted by atomic mass is 10.1. The van der Waals surface area contributed by atoms with Gasteiger partial charge in [-0.25, -0.2) is 4.39 Å². The second-order valence-corrected chi connectivity index (χ2v) is 4.28. The molecule has 0 saturated heterocycles. The summed E-state index contributed by atoms with van der Waals surface area (Å²) >= 11 is 5.94. The molecule has 0 aromatic heterocycles. The molecular weight excluding hydrogens is 253 g/mol. The van der Waals surface area contributed by atoms with Crippen molar-refractivity contribution in [3.05, 3.63) is 64.4 Å². The van der Waals surface area contributed by atoms with E-state index in [-0.39, 0.29) is 19.0 Å². The molecule has 94 valence electrons. The van der Waals surface area contributed by atoms with E-state index in [2.05, 4.69) is 5.32 Å². The lowest BCUT2D eigenvalue weighted by Gasteiger charge is -2.12. The van der Waals surface area contributed by atoms with Gasteiger partial charge in [0.25, 0.3) is 0 Å². The van der Waals surface area contributed by atoms with Gasteiger partial charge in [-0.1, -0.05) is 35.9 Å². The lowest BCUT2D eigenvalue weighted by molar-refractivity contribution is 0.282. The quantitative estimate of drug-likeness (QED) is 0.886. The highest BCUT2D eigenvalue weighted by atomic mass is 35.5. The van der Waals surface area contributed by atoms with Crippen LogP contribution >= 0.6 is 11.6 Å². The number of para-hydroxylation sites is 1. The summed E-state index contributed by atoms with van der Waals surface area (Å²) in [6.45, 7) is 0.219. The van der Waals surface area contributed by atoms with E-state index in [1.807, 2.05) is 24.3 Å². The molecule has 0 aliphatic heterocycles. The van der Waals surface area contributed by atoms with Crippen LogP contribution in [0.4, 0.5) is 10.1 Å². The van der Waals surface area contributed by atoms with Crippen molar-refractivity contribution in [2.24, 2.45) is 0 Å². The molecule has 0 spiro atoms. The van der Waals surface area contributed by atoms with E-state index in [0.29, 0.717) is 10.6 Å². The van der Waals surface area contributed by atoms with Gasteiger partial charge in [-0.2, -0.15) is 0 Å². The number of benzene rings is 2. The zero-order valence-electron chi connectivity index (χ0n) is 9.66. The van der Waals surface area contributed by atoms with Gasteiger partial charge in [0.2, 0.25) is 0 Å². The lowest BCUT2D eigenvalue weighted by Crippen LogP contribution is -2.04. The predicted molar refractivity (Wildman–Crippen MR) is 71.1 cm³/mol. The van der Waals surface area contributed by atoms with Crippen LogP contribution in [0.15, 0.2) is 42.5 Å². The molecule has 2 nitrogen and oxygen atoms in total. The molecule has 2 aromatic rings. The highest BCUT2D eigenvalue weighted by Gasteiger charge is 2.07. The Labute approximate surface area is 110 Å². The second kappa shape index (κ2) is 5.85. The average Bonchev–Trinajstić information content (AvgIpc) is 2.38. The van der Waals surface area contributed by atoms with Crippen LogP contribution in [0.5, 0.6) is 0 Å². The standard InChI is InChI=1S/C14H13ClFNO/c15-12-5-3-6-13(16)11(12)8-17-14-7-2-1-4-10(14)9-18/h1-7,17-18H,8-9H2. The van der Waals surface area contributed by atoms with Crippen molar-refractivity contribution < 1.29 is 9.50 Å². The first-order valence-corrected chi connectivity index (χ1v) is 5.95. The van der Waals surface area contributed by atoms with Crippen LogP contribution < -0.4 is 5.32 Å². The molecule has 2 N–H and O–H groups in total. The zero-order valence-corrected chi connectivity index (χ0v) is 10.4. The fraction of sp³-hybridized carbons (Fsp3) is 0.143. The van der Waals surface area contributed by atoms with Gasteiger partial charge in [-0.15, -0.1) is 0 Å². The Kier molecular flexibility index (Phi) is 4.18. The molecule has 2 aromatic carbocycles. The summed E-state index contributed by atoms with van der Waals surface area (Å²) in [6, 6.07) is 11.9. The molecule has 0 bridgehead atoms. The first-order chi connectivity index (χ1) is 8.72. The van der Waals surface area contributed by atoms with Crippen molar-refractivity contribution in [2.45, 2.75) is 13.2 Å². The monoisotopic (exact) mass is 265 g/mol. The van der Waals surface area contributed by atoms with Crippen LogP contribution in [-0.4, -0.2) is 5.11 Å². The molecule has 0 saturated carbocycles. The van der Waals surface area contributed by atoms with Crippen LogP contribution in [0.3, 0.4) is 0 Å². The summed E-state index contributed by atoms with van der Waals surface area (Å²) in [4.78, 5) is 0.